The predicted octanol–water partition coefficient (Wildman–Crippen LogP) is 1.50. The Kier molecular flexibility index (Phi) is 3.55. The van der Waals surface area contributed by atoms with Crippen LogP contribution in [0.15, 0.2) is 23.8 Å². The Morgan fingerprint density at radius 2 is 2.17 bits per heavy atom. The molecule has 0 aliphatic carbocycles. The summed E-state index contributed by atoms with van der Waals surface area (Å²) < 4.78 is 42.2. The van der Waals surface area contributed by atoms with Gasteiger partial charge in [0.15, 0.2) is 0 Å². The Morgan fingerprint density at radius 3 is 2.72 bits per heavy atom. The van der Waals surface area contributed by atoms with Crippen molar-refractivity contribution >= 4 is 11.5 Å². The number of pyridine rings is 1. The van der Waals surface area contributed by atoms with E-state index < -0.39 is 17.8 Å². The Bertz CT molecular complexity index is 513. The van der Waals surface area contributed by atoms with E-state index in [9.17, 15) is 13.2 Å². The maximum absolute atomic E-state index is 12.9. The van der Waals surface area contributed by atoms with E-state index in [1.54, 1.807) is 0 Å². The van der Waals surface area contributed by atoms with Crippen LogP contribution in [0.4, 0.5) is 13.2 Å². The summed E-state index contributed by atoms with van der Waals surface area (Å²) in [6.07, 6.45) is -2.28. The molecule has 0 radical (unpaired) electrons. The van der Waals surface area contributed by atoms with Crippen molar-refractivity contribution in [3.8, 4) is 0 Å². The van der Waals surface area contributed by atoms with Crippen molar-refractivity contribution in [3.05, 3.63) is 40.7 Å². The number of rotatable bonds is 3. The molecule has 9 heteroatoms. The number of aromatic nitrogens is 3. The van der Waals surface area contributed by atoms with Crippen LogP contribution in [0, 0.1) is 0 Å². The molecule has 2 rings (SSSR count). The van der Waals surface area contributed by atoms with Crippen molar-refractivity contribution in [1.29, 1.82) is 0 Å². The first-order valence-corrected chi connectivity index (χ1v) is 5.62. The molecule has 3 N–H and O–H groups in total. The van der Waals surface area contributed by atoms with Crippen LogP contribution in [0.2, 0.25) is 0 Å². The second kappa shape index (κ2) is 4.96. The van der Waals surface area contributed by atoms with Gasteiger partial charge in [0, 0.05) is 23.3 Å². The molecule has 1 atom stereocenters. The third-order valence-corrected chi connectivity index (χ3v) is 2.83. The van der Waals surface area contributed by atoms with Gasteiger partial charge in [0.1, 0.15) is 0 Å². The molecule has 18 heavy (non-hydrogen) atoms. The topological polar surface area (TPSA) is 76.7 Å². The van der Waals surface area contributed by atoms with E-state index in [1.165, 1.54) is 5.38 Å². The van der Waals surface area contributed by atoms with Crippen molar-refractivity contribution < 1.29 is 13.2 Å². The Hall–Kier alpha value is -1.58. The smallest absolute Gasteiger partial charge is 0.271 e. The molecular weight excluding hydrogens is 267 g/mol. The fraction of sp³-hybridized carbons (Fsp3) is 0.222. The van der Waals surface area contributed by atoms with Crippen LogP contribution in [-0.2, 0) is 6.18 Å². The zero-order valence-electron chi connectivity index (χ0n) is 8.85. The molecule has 2 aromatic heterocycles. The molecule has 5 nitrogen and oxygen atoms in total. The van der Waals surface area contributed by atoms with E-state index in [4.69, 9.17) is 5.84 Å². The van der Waals surface area contributed by atoms with E-state index in [0.29, 0.717) is 5.69 Å². The number of nitrogens with one attached hydrogen (secondary N) is 1. The van der Waals surface area contributed by atoms with E-state index in [2.05, 4.69) is 20.0 Å². The minimum Gasteiger partial charge on any atom is -0.271 e. The predicted molar refractivity (Wildman–Crippen MR) is 58.3 cm³/mol. The zero-order chi connectivity index (χ0) is 13.2. The summed E-state index contributed by atoms with van der Waals surface area (Å²) >= 11 is 1.03. The first-order chi connectivity index (χ1) is 8.54. The lowest BCUT2D eigenvalue weighted by atomic mass is 10.0. The van der Waals surface area contributed by atoms with Crippen molar-refractivity contribution in [2.45, 2.75) is 12.2 Å². The zero-order valence-corrected chi connectivity index (χ0v) is 9.66. The van der Waals surface area contributed by atoms with Crippen molar-refractivity contribution in [3.63, 3.8) is 0 Å². The molecule has 0 amide bonds. The van der Waals surface area contributed by atoms with Gasteiger partial charge in [-0.15, -0.1) is 5.10 Å². The Balaban J connectivity index is 2.50. The van der Waals surface area contributed by atoms with Gasteiger partial charge in [-0.3, -0.25) is 10.8 Å². The Morgan fingerprint density at radius 1 is 1.39 bits per heavy atom. The first kappa shape index (κ1) is 12.9. The van der Waals surface area contributed by atoms with E-state index in [1.807, 2.05) is 0 Å². The summed E-state index contributed by atoms with van der Waals surface area (Å²) in [5, 5.41) is 5.24. The van der Waals surface area contributed by atoms with Gasteiger partial charge >= 0.3 is 6.18 Å². The largest absolute Gasteiger partial charge is 0.416 e. The SMILES string of the molecule is NNC(c1csnn1)c1cnccc1C(F)(F)F. The van der Waals surface area contributed by atoms with Crippen molar-refractivity contribution in [1.82, 2.24) is 20.0 Å². The Labute approximate surface area is 104 Å². The highest BCUT2D eigenvalue weighted by atomic mass is 32.1. The fourth-order valence-corrected chi connectivity index (χ4v) is 2.01. The summed E-state index contributed by atoms with van der Waals surface area (Å²) in [6, 6.07) is 0.00788. The minimum atomic E-state index is -4.48. The summed E-state index contributed by atoms with van der Waals surface area (Å²) in [5.41, 5.74) is 1.74. The van der Waals surface area contributed by atoms with E-state index in [-0.39, 0.29) is 5.56 Å². The molecular formula is C9H8F3N5S. The van der Waals surface area contributed by atoms with Gasteiger partial charge in [-0.2, -0.15) is 13.2 Å². The van der Waals surface area contributed by atoms with Crippen molar-refractivity contribution in [2.24, 2.45) is 5.84 Å². The van der Waals surface area contributed by atoms with Crippen LogP contribution in [0.5, 0.6) is 0 Å². The van der Waals surface area contributed by atoms with Crippen LogP contribution in [0.3, 0.4) is 0 Å². The normalized spacial score (nSPS) is 13.6. The monoisotopic (exact) mass is 275 g/mol. The lowest BCUT2D eigenvalue weighted by Crippen LogP contribution is -2.31. The number of halogens is 3. The summed E-state index contributed by atoms with van der Waals surface area (Å²) in [4.78, 5) is 3.70. The molecule has 0 saturated carbocycles. The minimum absolute atomic E-state index is 0.0831. The molecule has 0 saturated heterocycles. The highest BCUT2D eigenvalue weighted by Gasteiger charge is 2.36. The second-order valence-corrected chi connectivity index (χ2v) is 4.00. The third-order valence-electron chi connectivity index (χ3n) is 2.31. The number of nitrogens with two attached hydrogens (primary N) is 1. The molecule has 0 spiro atoms. The van der Waals surface area contributed by atoms with Crippen LogP contribution in [0.25, 0.3) is 0 Å². The van der Waals surface area contributed by atoms with Crippen molar-refractivity contribution in [2.75, 3.05) is 0 Å². The average Bonchev–Trinajstić information content (AvgIpc) is 2.83. The van der Waals surface area contributed by atoms with Gasteiger partial charge in [0.2, 0.25) is 0 Å². The molecule has 2 heterocycles. The lowest BCUT2D eigenvalue weighted by molar-refractivity contribution is -0.138. The molecule has 0 aliphatic rings. The number of hydrazine groups is 1. The van der Waals surface area contributed by atoms with Gasteiger partial charge in [0.05, 0.1) is 17.3 Å². The standard InChI is InChI=1S/C9H8F3N5S/c10-9(11,12)6-1-2-14-3-5(6)8(15-13)7-4-18-17-16-7/h1-4,8,15H,13H2. The highest BCUT2D eigenvalue weighted by molar-refractivity contribution is 7.03. The highest BCUT2D eigenvalue weighted by Crippen LogP contribution is 2.35. The number of hydrogen-bond acceptors (Lipinski definition) is 6. The van der Waals surface area contributed by atoms with E-state index in [0.717, 1.165) is 30.0 Å². The van der Waals surface area contributed by atoms with Gasteiger partial charge in [0.25, 0.3) is 0 Å². The molecule has 2 aromatic rings. The quantitative estimate of drug-likeness (QED) is 0.656. The number of nitrogens with zero attached hydrogens (tertiary/aromatic N) is 3. The van der Waals surface area contributed by atoms with Gasteiger partial charge < -0.3 is 0 Å². The summed E-state index contributed by atoms with van der Waals surface area (Å²) in [5.74, 6) is 5.30. The fourth-order valence-electron chi connectivity index (χ4n) is 1.53. The summed E-state index contributed by atoms with van der Waals surface area (Å²) in [7, 11) is 0. The van der Waals surface area contributed by atoms with Crippen LogP contribution in [0.1, 0.15) is 22.9 Å². The lowest BCUT2D eigenvalue weighted by Gasteiger charge is -2.18. The molecule has 1 unspecified atom stereocenters. The number of hydrogen-bond donors (Lipinski definition) is 2. The number of alkyl halides is 3. The maximum atomic E-state index is 12.9. The molecule has 0 aliphatic heterocycles. The van der Waals surface area contributed by atoms with Gasteiger partial charge in [-0.1, -0.05) is 4.49 Å². The summed E-state index contributed by atoms with van der Waals surface area (Å²) in [6.45, 7) is 0. The maximum Gasteiger partial charge on any atom is 0.416 e. The van der Waals surface area contributed by atoms with Crippen LogP contribution < -0.4 is 11.3 Å². The third kappa shape index (κ3) is 2.47. The average molecular weight is 275 g/mol. The first-order valence-electron chi connectivity index (χ1n) is 4.78. The van der Waals surface area contributed by atoms with Crippen LogP contribution in [-0.4, -0.2) is 14.6 Å². The van der Waals surface area contributed by atoms with E-state index >= 15 is 0 Å². The molecule has 0 aromatic carbocycles. The van der Waals surface area contributed by atoms with Crippen LogP contribution >= 0.6 is 11.5 Å². The molecule has 96 valence electrons. The second-order valence-electron chi connectivity index (χ2n) is 3.39. The molecule has 0 fully saturated rings. The van der Waals surface area contributed by atoms with Gasteiger partial charge in [-0.05, 0) is 17.6 Å². The van der Waals surface area contributed by atoms with Gasteiger partial charge in [-0.25, -0.2) is 5.43 Å². The molecule has 0 bridgehead atoms.